The fourth-order valence-corrected chi connectivity index (χ4v) is 1.47. The summed E-state index contributed by atoms with van der Waals surface area (Å²) in [6, 6.07) is 6.02. The molecule has 1 aromatic heterocycles. The Bertz CT molecular complexity index is 393. The first kappa shape index (κ1) is 7.02. The molecule has 2 aromatic rings. The number of rotatable bonds is 0. The minimum atomic E-state index is 0.952. The van der Waals surface area contributed by atoms with Gasteiger partial charge in [0.15, 0.2) is 0 Å². The van der Waals surface area contributed by atoms with Crippen molar-refractivity contribution in [1.29, 1.82) is 0 Å². The van der Waals surface area contributed by atoms with E-state index in [4.69, 9.17) is 0 Å². The summed E-state index contributed by atoms with van der Waals surface area (Å²) >= 11 is 2.26. The van der Waals surface area contributed by atoms with Crippen molar-refractivity contribution in [1.82, 2.24) is 15.0 Å². The Balaban J connectivity index is 2.82. The van der Waals surface area contributed by atoms with E-state index in [1.165, 1.54) is 3.57 Å². The molecular weight excluding hydrogens is 253 g/mol. The van der Waals surface area contributed by atoms with Gasteiger partial charge in [-0.15, -0.1) is 0 Å². The van der Waals surface area contributed by atoms with Crippen LogP contribution in [-0.4, -0.2) is 15.0 Å². The van der Waals surface area contributed by atoms with E-state index in [-0.39, 0.29) is 0 Å². The lowest BCUT2D eigenvalue weighted by Gasteiger charge is -1.85. The summed E-state index contributed by atoms with van der Waals surface area (Å²) in [6.45, 7) is 0. The highest BCUT2D eigenvalue weighted by atomic mass is 127. The topological polar surface area (TPSA) is 30.7 Å². The molecule has 2 rings (SSSR count). The molecule has 0 fully saturated rings. The summed E-state index contributed by atoms with van der Waals surface area (Å²) in [5.74, 6) is 0. The third-order valence-corrected chi connectivity index (χ3v) is 2.11. The summed E-state index contributed by atoms with van der Waals surface area (Å²) in [6.07, 6.45) is 0. The van der Waals surface area contributed by atoms with E-state index in [1.807, 2.05) is 25.2 Å². The highest BCUT2D eigenvalue weighted by Gasteiger charge is 1.98. The molecule has 0 spiro atoms. The number of hydrogen-bond donors (Lipinski definition) is 0. The van der Waals surface area contributed by atoms with Gasteiger partial charge >= 0.3 is 0 Å². The van der Waals surface area contributed by atoms with Gasteiger partial charge in [-0.3, -0.25) is 0 Å². The van der Waals surface area contributed by atoms with Crippen LogP contribution in [0.5, 0.6) is 0 Å². The van der Waals surface area contributed by atoms with Gasteiger partial charge in [0.2, 0.25) is 0 Å². The molecule has 0 N–H and O–H groups in total. The second-order valence-corrected chi connectivity index (χ2v) is 3.57. The van der Waals surface area contributed by atoms with Crippen LogP contribution < -0.4 is 0 Å². The fraction of sp³-hybridized carbons (Fsp3) is 0.143. The van der Waals surface area contributed by atoms with Crippen molar-refractivity contribution in [2.75, 3.05) is 0 Å². The van der Waals surface area contributed by atoms with Crippen LogP contribution in [0.25, 0.3) is 11.0 Å². The normalized spacial score (nSPS) is 10.7. The maximum atomic E-state index is 4.17. The number of hydrogen-bond acceptors (Lipinski definition) is 2. The molecule has 4 heteroatoms. The molecule has 3 nitrogen and oxygen atoms in total. The van der Waals surface area contributed by atoms with Crippen LogP contribution in [0.1, 0.15) is 0 Å². The lowest BCUT2D eigenvalue weighted by atomic mass is 10.3. The van der Waals surface area contributed by atoms with Crippen LogP contribution in [0.4, 0.5) is 0 Å². The zero-order valence-electron chi connectivity index (χ0n) is 5.95. The van der Waals surface area contributed by atoms with Crippen molar-refractivity contribution >= 4 is 33.6 Å². The zero-order valence-corrected chi connectivity index (χ0v) is 8.11. The third kappa shape index (κ3) is 1.22. The molecule has 0 saturated heterocycles. The van der Waals surface area contributed by atoms with Crippen molar-refractivity contribution in [2.24, 2.45) is 7.05 Å². The Hall–Kier alpha value is -0.650. The van der Waals surface area contributed by atoms with Crippen molar-refractivity contribution < 1.29 is 0 Å². The molecule has 1 heterocycles. The monoisotopic (exact) mass is 259 g/mol. The summed E-state index contributed by atoms with van der Waals surface area (Å²) < 4.78 is 1.19. The minimum absolute atomic E-state index is 0.952. The molecule has 0 bridgehead atoms. The molecule has 0 aliphatic carbocycles. The number of benzene rings is 1. The van der Waals surface area contributed by atoms with Crippen LogP contribution in [0, 0.1) is 3.57 Å². The standard InChI is InChI=1S/C7H6IN3/c1-11-9-6-3-2-5(8)4-7(6)10-11/h2-4H,1H3. The predicted octanol–water partition coefficient (Wildman–Crippen LogP) is 1.57. The predicted molar refractivity (Wildman–Crippen MR) is 51.2 cm³/mol. The summed E-state index contributed by atoms with van der Waals surface area (Å²) in [4.78, 5) is 1.58. The summed E-state index contributed by atoms with van der Waals surface area (Å²) in [7, 11) is 1.83. The van der Waals surface area contributed by atoms with Gasteiger partial charge in [-0.1, -0.05) is 0 Å². The van der Waals surface area contributed by atoms with Crippen LogP contribution in [-0.2, 0) is 7.05 Å². The first-order chi connectivity index (χ1) is 5.25. The van der Waals surface area contributed by atoms with Crippen molar-refractivity contribution in [2.45, 2.75) is 0 Å². The van der Waals surface area contributed by atoms with Gasteiger partial charge in [0.05, 0.1) is 0 Å². The van der Waals surface area contributed by atoms with E-state index in [1.54, 1.807) is 4.80 Å². The van der Waals surface area contributed by atoms with Crippen molar-refractivity contribution in [3.8, 4) is 0 Å². The average molecular weight is 259 g/mol. The molecule has 56 valence electrons. The van der Waals surface area contributed by atoms with Gasteiger partial charge in [-0.25, -0.2) is 0 Å². The van der Waals surface area contributed by atoms with Gasteiger partial charge in [-0.05, 0) is 40.8 Å². The van der Waals surface area contributed by atoms with Gasteiger partial charge in [0.25, 0.3) is 0 Å². The molecule has 0 radical (unpaired) electrons. The van der Waals surface area contributed by atoms with E-state index < -0.39 is 0 Å². The molecule has 0 saturated carbocycles. The van der Waals surface area contributed by atoms with Gasteiger partial charge in [0.1, 0.15) is 11.0 Å². The highest BCUT2D eigenvalue weighted by Crippen LogP contribution is 2.12. The first-order valence-corrected chi connectivity index (χ1v) is 4.30. The first-order valence-electron chi connectivity index (χ1n) is 3.22. The second-order valence-electron chi connectivity index (χ2n) is 2.32. The Morgan fingerprint density at radius 2 is 2.00 bits per heavy atom. The quantitative estimate of drug-likeness (QED) is 0.672. The molecule has 0 aliphatic rings. The lowest BCUT2D eigenvalue weighted by molar-refractivity contribution is 0.665. The molecular formula is C7H6IN3. The van der Waals surface area contributed by atoms with E-state index in [0.717, 1.165) is 11.0 Å². The van der Waals surface area contributed by atoms with Crippen molar-refractivity contribution in [3.05, 3.63) is 21.8 Å². The average Bonchev–Trinajstić information content (AvgIpc) is 2.27. The summed E-state index contributed by atoms with van der Waals surface area (Å²) in [5.41, 5.74) is 1.91. The van der Waals surface area contributed by atoms with Crippen LogP contribution in [0.2, 0.25) is 0 Å². The largest absolute Gasteiger partial charge is 0.187 e. The number of nitrogens with zero attached hydrogens (tertiary/aromatic N) is 3. The van der Waals surface area contributed by atoms with E-state index in [0.29, 0.717) is 0 Å². The van der Waals surface area contributed by atoms with E-state index >= 15 is 0 Å². The zero-order chi connectivity index (χ0) is 7.84. The Kier molecular flexibility index (Phi) is 1.56. The molecule has 1 aromatic carbocycles. The third-order valence-electron chi connectivity index (χ3n) is 1.44. The van der Waals surface area contributed by atoms with Gasteiger partial charge in [-0.2, -0.15) is 15.0 Å². The molecule has 11 heavy (non-hydrogen) atoms. The lowest BCUT2D eigenvalue weighted by Crippen LogP contribution is -1.90. The maximum Gasteiger partial charge on any atom is 0.114 e. The second kappa shape index (κ2) is 2.44. The van der Waals surface area contributed by atoms with Crippen molar-refractivity contribution in [3.63, 3.8) is 0 Å². The molecule has 0 atom stereocenters. The van der Waals surface area contributed by atoms with Crippen LogP contribution >= 0.6 is 22.6 Å². The minimum Gasteiger partial charge on any atom is -0.187 e. The number of fused-ring (bicyclic) bond motifs is 1. The molecule has 0 unspecified atom stereocenters. The highest BCUT2D eigenvalue weighted by molar-refractivity contribution is 14.1. The van der Waals surface area contributed by atoms with Gasteiger partial charge in [0, 0.05) is 10.6 Å². The van der Waals surface area contributed by atoms with Crippen LogP contribution in [0.3, 0.4) is 0 Å². The van der Waals surface area contributed by atoms with Crippen LogP contribution in [0.15, 0.2) is 18.2 Å². The SMILES string of the molecule is Cn1nc2ccc(I)cc2n1. The smallest absolute Gasteiger partial charge is 0.114 e. The number of halogens is 1. The Morgan fingerprint density at radius 3 is 2.82 bits per heavy atom. The maximum absolute atomic E-state index is 4.17. The number of aryl methyl sites for hydroxylation is 1. The number of aromatic nitrogens is 3. The van der Waals surface area contributed by atoms with Gasteiger partial charge < -0.3 is 0 Å². The van der Waals surface area contributed by atoms with E-state index in [9.17, 15) is 0 Å². The Labute approximate surface area is 77.5 Å². The molecule has 0 aliphatic heterocycles. The Morgan fingerprint density at radius 1 is 1.27 bits per heavy atom. The summed E-state index contributed by atoms with van der Waals surface area (Å²) in [5, 5.41) is 8.33. The molecule has 0 amide bonds. The fourth-order valence-electron chi connectivity index (χ4n) is 0.995. The van der Waals surface area contributed by atoms with E-state index in [2.05, 4.69) is 32.8 Å².